The van der Waals surface area contributed by atoms with Gasteiger partial charge in [-0.3, -0.25) is 14.6 Å². The summed E-state index contributed by atoms with van der Waals surface area (Å²) < 4.78 is 5.43. The van der Waals surface area contributed by atoms with Crippen LogP contribution in [0.3, 0.4) is 0 Å². The Labute approximate surface area is 203 Å². The standard InChI is InChI=1S/C25H30N4O4S/c1-15-9-20(33-28-15)22(25(2,3)4)24(32)29-13-18(30)10-19(29)23(31)27-11-16-5-7-17(8-6-16)21-12-26-14-34-21/h5-9,12,14,18-19,22,30H,10-11,13H2,1-4H3,(H,27,31)/t18-,19+,22-/m1/s1. The molecule has 8 nitrogen and oxygen atoms in total. The van der Waals surface area contributed by atoms with Crippen molar-refractivity contribution >= 4 is 23.2 Å². The number of aromatic nitrogens is 2. The van der Waals surface area contributed by atoms with E-state index in [1.807, 2.05) is 51.2 Å². The van der Waals surface area contributed by atoms with Gasteiger partial charge in [0.05, 0.1) is 22.2 Å². The Balaban J connectivity index is 1.46. The van der Waals surface area contributed by atoms with Gasteiger partial charge < -0.3 is 19.8 Å². The third-order valence-corrected chi connectivity index (χ3v) is 6.87. The van der Waals surface area contributed by atoms with Gasteiger partial charge in [-0.15, -0.1) is 11.3 Å². The van der Waals surface area contributed by atoms with Crippen LogP contribution in [0.25, 0.3) is 10.4 Å². The van der Waals surface area contributed by atoms with Crippen LogP contribution in [-0.2, 0) is 16.1 Å². The van der Waals surface area contributed by atoms with Gasteiger partial charge >= 0.3 is 0 Å². The van der Waals surface area contributed by atoms with Crippen LogP contribution in [0.15, 0.2) is 46.6 Å². The summed E-state index contributed by atoms with van der Waals surface area (Å²) in [6.07, 6.45) is 1.27. The van der Waals surface area contributed by atoms with Crippen LogP contribution >= 0.6 is 11.3 Å². The first-order chi connectivity index (χ1) is 16.1. The molecule has 2 aromatic heterocycles. The lowest BCUT2D eigenvalue weighted by Gasteiger charge is -2.33. The SMILES string of the molecule is Cc1cc([C@H](C(=O)N2C[C@H](O)C[C@H]2C(=O)NCc2ccc(-c3cncs3)cc2)C(C)(C)C)on1. The lowest BCUT2D eigenvalue weighted by Crippen LogP contribution is -2.49. The second-order valence-electron chi connectivity index (χ2n) is 9.85. The maximum Gasteiger partial charge on any atom is 0.243 e. The number of amides is 2. The molecule has 1 aliphatic heterocycles. The van der Waals surface area contributed by atoms with Crippen molar-refractivity contribution in [2.45, 2.75) is 58.7 Å². The zero-order chi connectivity index (χ0) is 24.5. The Morgan fingerprint density at radius 1 is 1.29 bits per heavy atom. The van der Waals surface area contributed by atoms with Crippen molar-refractivity contribution in [2.75, 3.05) is 6.54 Å². The Bertz CT molecular complexity index is 1130. The van der Waals surface area contributed by atoms with Gasteiger partial charge in [0.2, 0.25) is 11.8 Å². The number of rotatable bonds is 6. The number of aryl methyl sites for hydroxylation is 1. The summed E-state index contributed by atoms with van der Waals surface area (Å²) in [5.74, 6) is -0.669. The maximum atomic E-state index is 13.6. The van der Waals surface area contributed by atoms with Gasteiger partial charge in [-0.2, -0.15) is 0 Å². The van der Waals surface area contributed by atoms with Gasteiger partial charge in [-0.1, -0.05) is 50.2 Å². The van der Waals surface area contributed by atoms with E-state index >= 15 is 0 Å². The summed E-state index contributed by atoms with van der Waals surface area (Å²) in [5, 5.41) is 17.2. The first kappa shape index (κ1) is 24.1. The number of carbonyl (C=O) groups is 2. The van der Waals surface area contributed by atoms with Crippen molar-refractivity contribution in [1.29, 1.82) is 0 Å². The largest absolute Gasteiger partial charge is 0.391 e. The number of β-amino-alcohol motifs (C(OH)–C–C–N with tert-alkyl or cyclic N) is 1. The van der Waals surface area contributed by atoms with Crippen LogP contribution in [0.2, 0.25) is 0 Å². The van der Waals surface area contributed by atoms with E-state index < -0.39 is 23.5 Å². The highest BCUT2D eigenvalue weighted by Gasteiger charge is 2.45. The summed E-state index contributed by atoms with van der Waals surface area (Å²) in [4.78, 5) is 33.4. The van der Waals surface area contributed by atoms with Crippen molar-refractivity contribution in [3.8, 4) is 10.4 Å². The fraction of sp³-hybridized carbons (Fsp3) is 0.440. The van der Waals surface area contributed by atoms with Gasteiger partial charge in [0.25, 0.3) is 0 Å². The zero-order valence-corrected chi connectivity index (χ0v) is 20.6. The van der Waals surface area contributed by atoms with E-state index in [0.717, 1.165) is 16.0 Å². The molecule has 1 fully saturated rings. The third-order valence-electron chi connectivity index (χ3n) is 6.05. The molecule has 1 saturated heterocycles. The van der Waals surface area contributed by atoms with E-state index in [1.165, 1.54) is 4.90 Å². The molecule has 3 heterocycles. The molecule has 0 radical (unpaired) electrons. The summed E-state index contributed by atoms with van der Waals surface area (Å²) >= 11 is 1.57. The normalized spacial score (nSPS) is 19.3. The highest BCUT2D eigenvalue weighted by atomic mass is 32.1. The van der Waals surface area contributed by atoms with Gasteiger partial charge in [-0.25, -0.2) is 0 Å². The molecule has 0 bridgehead atoms. The second kappa shape index (κ2) is 9.68. The Morgan fingerprint density at radius 3 is 2.62 bits per heavy atom. The number of thiazole rings is 1. The summed E-state index contributed by atoms with van der Waals surface area (Å²) in [6.45, 7) is 8.10. The highest BCUT2D eigenvalue weighted by molar-refractivity contribution is 7.13. The van der Waals surface area contributed by atoms with Gasteiger partial charge in [-0.05, 0) is 23.5 Å². The molecule has 180 valence electrons. The molecular weight excluding hydrogens is 452 g/mol. The van der Waals surface area contributed by atoms with Crippen molar-refractivity contribution < 1.29 is 19.2 Å². The molecule has 1 aromatic carbocycles. The molecule has 9 heteroatoms. The first-order valence-electron chi connectivity index (χ1n) is 11.3. The lowest BCUT2D eigenvalue weighted by atomic mass is 9.78. The molecule has 0 saturated carbocycles. The third kappa shape index (κ3) is 5.20. The molecule has 4 rings (SSSR count). The fourth-order valence-corrected chi connectivity index (χ4v) is 4.99. The molecule has 0 unspecified atom stereocenters. The van der Waals surface area contributed by atoms with Crippen LogP contribution in [-0.4, -0.2) is 50.7 Å². The zero-order valence-electron chi connectivity index (χ0n) is 19.8. The number of nitrogens with zero attached hydrogens (tertiary/aromatic N) is 3. The minimum absolute atomic E-state index is 0.111. The van der Waals surface area contributed by atoms with Crippen molar-refractivity contribution in [3.05, 3.63) is 59.1 Å². The molecule has 3 atom stereocenters. The summed E-state index contributed by atoms with van der Waals surface area (Å²) in [6, 6.07) is 8.93. The molecular formula is C25H30N4O4S. The number of hydrogen-bond acceptors (Lipinski definition) is 7. The average molecular weight is 483 g/mol. The average Bonchev–Trinajstić information content (AvgIpc) is 3.53. The predicted molar refractivity (Wildman–Crippen MR) is 129 cm³/mol. The van der Waals surface area contributed by atoms with E-state index in [2.05, 4.69) is 15.5 Å². The molecule has 34 heavy (non-hydrogen) atoms. The van der Waals surface area contributed by atoms with Crippen molar-refractivity contribution in [2.24, 2.45) is 5.41 Å². The first-order valence-corrected chi connectivity index (χ1v) is 12.2. The molecule has 0 spiro atoms. The number of hydrogen-bond donors (Lipinski definition) is 2. The van der Waals surface area contributed by atoms with E-state index in [9.17, 15) is 14.7 Å². The van der Waals surface area contributed by atoms with Gasteiger partial charge in [0.15, 0.2) is 0 Å². The van der Waals surface area contributed by atoms with Gasteiger partial charge in [0, 0.05) is 31.8 Å². The maximum absolute atomic E-state index is 13.6. The van der Waals surface area contributed by atoms with Crippen molar-refractivity contribution in [3.63, 3.8) is 0 Å². The summed E-state index contributed by atoms with van der Waals surface area (Å²) in [5.41, 5.74) is 4.04. The number of carbonyl (C=O) groups excluding carboxylic acids is 2. The number of benzene rings is 1. The van der Waals surface area contributed by atoms with Gasteiger partial charge in [0.1, 0.15) is 17.7 Å². The number of likely N-dealkylation sites (tertiary alicyclic amines) is 1. The monoisotopic (exact) mass is 482 g/mol. The van der Waals surface area contributed by atoms with Crippen LogP contribution in [0.1, 0.15) is 50.1 Å². The minimum atomic E-state index is -0.754. The van der Waals surface area contributed by atoms with E-state index in [-0.39, 0.29) is 24.8 Å². The van der Waals surface area contributed by atoms with E-state index in [4.69, 9.17) is 4.52 Å². The topological polar surface area (TPSA) is 109 Å². The van der Waals surface area contributed by atoms with Crippen LogP contribution in [0.4, 0.5) is 0 Å². The summed E-state index contributed by atoms with van der Waals surface area (Å²) in [7, 11) is 0. The minimum Gasteiger partial charge on any atom is -0.391 e. The predicted octanol–water partition coefficient (Wildman–Crippen LogP) is 3.51. The molecule has 0 aliphatic carbocycles. The van der Waals surface area contributed by atoms with E-state index in [1.54, 1.807) is 29.8 Å². The quantitative estimate of drug-likeness (QED) is 0.557. The number of aliphatic hydroxyl groups excluding tert-OH is 1. The lowest BCUT2D eigenvalue weighted by molar-refractivity contribution is -0.142. The van der Waals surface area contributed by atoms with E-state index in [0.29, 0.717) is 18.0 Å². The van der Waals surface area contributed by atoms with Crippen LogP contribution < -0.4 is 5.32 Å². The highest BCUT2D eigenvalue weighted by Crippen LogP contribution is 2.38. The van der Waals surface area contributed by atoms with Crippen molar-refractivity contribution in [1.82, 2.24) is 20.4 Å². The molecule has 1 aliphatic rings. The number of aliphatic hydroxyl groups is 1. The van der Waals surface area contributed by atoms with Crippen LogP contribution in [0, 0.1) is 12.3 Å². The number of nitrogens with one attached hydrogen (secondary N) is 1. The fourth-order valence-electron chi connectivity index (χ4n) is 4.36. The molecule has 3 aromatic rings. The Morgan fingerprint density at radius 2 is 2.03 bits per heavy atom. The smallest absolute Gasteiger partial charge is 0.243 e. The van der Waals surface area contributed by atoms with Crippen LogP contribution in [0.5, 0.6) is 0 Å². The Hall–Kier alpha value is -3.04. The second-order valence-corrected chi connectivity index (χ2v) is 10.7. The molecule has 2 N–H and O–H groups in total. The molecule has 2 amide bonds. The Kier molecular flexibility index (Phi) is 6.86.